The van der Waals surface area contributed by atoms with E-state index >= 15 is 0 Å². The number of hydrogen-bond acceptors (Lipinski definition) is 5. The fraction of sp³-hybridized carbons (Fsp3) is 0.500. The van der Waals surface area contributed by atoms with Crippen molar-refractivity contribution in [3.05, 3.63) is 41.6 Å². The first-order chi connectivity index (χ1) is 13.0. The summed E-state index contributed by atoms with van der Waals surface area (Å²) in [6.45, 7) is 8.76. The summed E-state index contributed by atoms with van der Waals surface area (Å²) in [5.74, 6) is 3.78. The predicted octanol–water partition coefficient (Wildman–Crippen LogP) is 3.62. The molecule has 0 radical (unpaired) electrons. The van der Waals surface area contributed by atoms with Gasteiger partial charge in [-0.05, 0) is 17.7 Å². The topological polar surface area (TPSA) is 80.9 Å². The zero-order valence-corrected chi connectivity index (χ0v) is 19.2. The molecule has 0 amide bonds. The molecule has 7 nitrogen and oxygen atoms in total. The van der Waals surface area contributed by atoms with Crippen LogP contribution in [-0.4, -0.2) is 31.2 Å². The molecule has 28 heavy (non-hydrogen) atoms. The van der Waals surface area contributed by atoms with Crippen LogP contribution in [0.4, 0.5) is 0 Å². The second-order valence-corrected chi connectivity index (χ2v) is 7.48. The molecule has 1 aliphatic heterocycles. The van der Waals surface area contributed by atoms with Crippen molar-refractivity contribution < 1.29 is 13.9 Å². The van der Waals surface area contributed by atoms with Gasteiger partial charge >= 0.3 is 0 Å². The molecular weight excluding hydrogens is 471 g/mol. The molecule has 0 spiro atoms. The SMILES string of the molecule is CN=C(NCc1ccc2c(c1)OCCCO2)NCc1ncc(C(C)(C)C)o1.I. The van der Waals surface area contributed by atoms with Crippen molar-refractivity contribution in [3.63, 3.8) is 0 Å². The van der Waals surface area contributed by atoms with Crippen molar-refractivity contribution in [2.75, 3.05) is 20.3 Å². The molecule has 8 heteroatoms. The number of aliphatic imine (C=N–C) groups is 1. The van der Waals surface area contributed by atoms with Crippen molar-refractivity contribution >= 4 is 29.9 Å². The zero-order chi connectivity index (χ0) is 19.3. The normalized spacial score (nSPS) is 14.1. The van der Waals surface area contributed by atoms with Crippen LogP contribution in [0.1, 0.15) is 44.4 Å². The van der Waals surface area contributed by atoms with E-state index < -0.39 is 0 Å². The average molecular weight is 500 g/mol. The maximum Gasteiger partial charge on any atom is 0.213 e. The number of fused-ring (bicyclic) bond motifs is 1. The lowest BCUT2D eigenvalue weighted by Gasteiger charge is -2.14. The number of nitrogens with zero attached hydrogens (tertiary/aromatic N) is 2. The first-order valence-corrected chi connectivity index (χ1v) is 9.24. The van der Waals surface area contributed by atoms with Gasteiger partial charge in [-0.3, -0.25) is 4.99 Å². The molecule has 1 aromatic heterocycles. The van der Waals surface area contributed by atoms with E-state index in [4.69, 9.17) is 13.9 Å². The molecule has 1 aromatic carbocycles. The van der Waals surface area contributed by atoms with Gasteiger partial charge in [0.25, 0.3) is 0 Å². The van der Waals surface area contributed by atoms with Crippen molar-refractivity contribution in [3.8, 4) is 11.5 Å². The zero-order valence-electron chi connectivity index (χ0n) is 16.9. The van der Waals surface area contributed by atoms with Crippen LogP contribution in [0.5, 0.6) is 11.5 Å². The molecule has 0 unspecified atom stereocenters. The van der Waals surface area contributed by atoms with E-state index in [0.29, 0.717) is 38.2 Å². The fourth-order valence-corrected chi connectivity index (χ4v) is 2.62. The molecule has 2 heterocycles. The Bertz CT molecular complexity index is 799. The number of halogens is 1. The highest BCUT2D eigenvalue weighted by Crippen LogP contribution is 2.30. The van der Waals surface area contributed by atoms with E-state index in [1.54, 1.807) is 13.2 Å². The van der Waals surface area contributed by atoms with E-state index in [1.165, 1.54) is 0 Å². The lowest BCUT2D eigenvalue weighted by atomic mass is 9.94. The number of hydrogen-bond donors (Lipinski definition) is 2. The monoisotopic (exact) mass is 500 g/mol. The summed E-state index contributed by atoms with van der Waals surface area (Å²) in [7, 11) is 1.74. The van der Waals surface area contributed by atoms with Crippen molar-refractivity contribution in [2.24, 2.45) is 4.99 Å². The lowest BCUT2D eigenvalue weighted by Crippen LogP contribution is -2.36. The van der Waals surface area contributed by atoms with Crippen LogP contribution < -0.4 is 20.1 Å². The standard InChI is InChI=1S/C20H28N4O3.HI/c1-20(2,3)17-12-22-18(27-17)13-24-19(21-4)23-11-14-6-7-15-16(10-14)26-9-5-8-25-15;/h6-7,10,12H,5,8-9,11,13H2,1-4H3,(H2,21,23,24);1H. The summed E-state index contributed by atoms with van der Waals surface area (Å²) >= 11 is 0. The number of nitrogens with one attached hydrogen (secondary N) is 2. The molecule has 154 valence electrons. The number of oxazole rings is 1. The van der Waals surface area contributed by atoms with Gasteiger partial charge in [-0.1, -0.05) is 26.8 Å². The Morgan fingerprint density at radius 3 is 2.50 bits per heavy atom. The number of aromatic nitrogens is 1. The Morgan fingerprint density at radius 2 is 1.82 bits per heavy atom. The third-order valence-electron chi connectivity index (χ3n) is 4.20. The van der Waals surface area contributed by atoms with Crippen LogP contribution in [0.15, 0.2) is 33.8 Å². The molecule has 0 saturated carbocycles. The highest BCUT2D eigenvalue weighted by atomic mass is 127. The molecule has 2 N–H and O–H groups in total. The predicted molar refractivity (Wildman–Crippen MR) is 120 cm³/mol. The molecule has 0 bridgehead atoms. The Morgan fingerprint density at radius 1 is 1.11 bits per heavy atom. The first kappa shape index (κ1) is 22.3. The third-order valence-corrected chi connectivity index (χ3v) is 4.20. The van der Waals surface area contributed by atoms with Gasteiger partial charge in [0.2, 0.25) is 5.89 Å². The fourth-order valence-electron chi connectivity index (χ4n) is 2.62. The summed E-state index contributed by atoms with van der Waals surface area (Å²) in [5, 5.41) is 6.51. The molecule has 3 rings (SSSR count). The molecule has 0 saturated heterocycles. The molecule has 0 aliphatic carbocycles. The summed E-state index contributed by atoms with van der Waals surface area (Å²) < 4.78 is 17.2. The average Bonchev–Trinajstić information content (AvgIpc) is 3.00. The summed E-state index contributed by atoms with van der Waals surface area (Å²) in [4.78, 5) is 8.57. The van der Waals surface area contributed by atoms with Crippen LogP contribution in [0.25, 0.3) is 0 Å². The highest BCUT2D eigenvalue weighted by molar-refractivity contribution is 14.0. The Labute approximate surface area is 183 Å². The number of ether oxygens (including phenoxy) is 2. The third kappa shape index (κ3) is 6.02. The molecule has 0 fully saturated rings. The van der Waals surface area contributed by atoms with Gasteiger partial charge in [0.15, 0.2) is 17.5 Å². The lowest BCUT2D eigenvalue weighted by molar-refractivity contribution is 0.297. The minimum Gasteiger partial charge on any atom is -0.490 e. The second-order valence-electron chi connectivity index (χ2n) is 7.48. The Balaban J connectivity index is 0.00000280. The van der Waals surface area contributed by atoms with E-state index in [-0.39, 0.29) is 29.4 Å². The van der Waals surface area contributed by atoms with Crippen molar-refractivity contribution in [1.29, 1.82) is 0 Å². The van der Waals surface area contributed by atoms with Crippen LogP contribution in [0.2, 0.25) is 0 Å². The van der Waals surface area contributed by atoms with Gasteiger partial charge in [-0.2, -0.15) is 0 Å². The van der Waals surface area contributed by atoms with Gasteiger partial charge in [-0.15, -0.1) is 24.0 Å². The molecular formula is C20H29IN4O3. The Kier molecular flexibility index (Phi) is 7.97. The van der Waals surface area contributed by atoms with Gasteiger partial charge in [0.05, 0.1) is 26.0 Å². The molecule has 1 aliphatic rings. The summed E-state index contributed by atoms with van der Waals surface area (Å²) in [6, 6.07) is 5.98. The van der Waals surface area contributed by atoms with Gasteiger partial charge in [-0.25, -0.2) is 4.98 Å². The highest BCUT2D eigenvalue weighted by Gasteiger charge is 2.19. The minimum atomic E-state index is -0.0533. The smallest absolute Gasteiger partial charge is 0.213 e. The number of benzene rings is 1. The van der Waals surface area contributed by atoms with Crippen molar-refractivity contribution in [1.82, 2.24) is 15.6 Å². The van der Waals surface area contributed by atoms with E-state index in [1.807, 2.05) is 18.2 Å². The largest absolute Gasteiger partial charge is 0.490 e. The number of guanidine groups is 1. The van der Waals surface area contributed by atoms with Crippen LogP contribution in [0, 0.1) is 0 Å². The molecule has 2 aromatic rings. The number of rotatable bonds is 4. The van der Waals surface area contributed by atoms with Gasteiger partial charge in [0.1, 0.15) is 5.76 Å². The maximum absolute atomic E-state index is 5.79. The summed E-state index contributed by atoms with van der Waals surface area (Å²) in [6.07, 6.45) is 2.68. The van der Waals surface area contributed by atoms with Gasteiger partial charge in [0, 0.05) is 25.4 Å². The van der Waals surface area contributed by atoms with Crippen LogP contribution in [-0.2, 0) is 18.5 Å². The van der Waals surface area contributed by atoms with E-state index in [2.05, 4.69) is 41.4 Å². The van der Waals surface area contributed by atoms with Crippen LogP contribution >= 0.6 is 24.0 Å². The molecule has 0 atom stereocenters. The summed E-state index contributed by atoms with van der Waals surface area (Å²) in [5.41, 5.74) is 1.04. The van der Waals surface area contributed by atoms with Crippen LogP contribution in [0.3, 0.4) is 0 Å². The van der Waals surface area contributed by atoms with Crippen molar-refractivity contribution in [2.45, 2.75) is 45.7 Å². The second kappa shape index (κ2) is 9.99. The minimum absolute atomic E-state index is 0. The van der Waals surface area contributed by atoms with E-state index in [0.717, 1.165) is 29.2 Å². The quantitative estimate of drug-likeness (QED) is 0.380. The first-order valence-electron chi connectivity index (χ1n) is 9.24. The maximum atomic E-state index is 5.79. The van der Waals surface area contributed by atoms with Gasteiger partial charge < -0.3 is 24.5 Å². The van der Waals surface area contributed by atoms with E-state index in [9.17, 15) is 0 Å². The Hall–Kier alpha value is -1.97.